The number of nitrogens with zero attached hydrogens (tertiary/aromatic N) is 4. The van der Waals surface area contributed by atoms with E-state index in [0.29, 0.717) is 88.3 Å². The highest BCUT2D eigenvalue weighted by atomic mass is 16.6. The summed E-state index contributed by atoms with van der Waals surface area (Å²) in [4.78, 5) is 61.0. The number of esters is 1. The number of hydrogen-bond donors (Lipinski definition) is 2. The van der Waals surface area contributed by atoms with Crippen LogP contribution in [-0.2, 0) is 41.4 Å². The summed E-state index contributed by atoms with van der Waals surface area (Å²) in [6.45, 7) is 9.82. The van der Waals surface area contributed by atoms with Gasteiger partial charge in [0.25, 0.3) is 5.91 Å². The topological polar surface area (TPSA) is 150 Å². The Balaban J connectivity index is 0.992. The number of carbonyl (C=O) groups is 4. The van der Waals surface area contributed by atoms with Crippen molar-refractivity contribution >= 4 is 29.7 Å². The van der Waals surface area contributed by atoms with E-state index >= 15 is 0 Å². The fourth-order valence-corrected chi connectivity index (χ4v) is 8.92. The first-order valence-electron chi connectivity index (χ1n) is 20.7. The zero-order valence-corrected chi connectivity index (χ0v) is 33.9. The number of phenolic OH excluding ortho intramolecular Hbond substituents is 1. The number of aromatic hydroxyl groups is 1. The average Bonchev–Trinajstić information content (AvgIpc) is 3.39. The molecular weight excluding hydrogens is 730 g/mol. The summed E-state index contributed by atoms with van der Waals surface area (Å²) in [6, 6.07) is 11.4. The van der Waals surface area contributed by atoms with E-state index in [1.165, 1.54) is 0 Å². The van der Waals surface area contributed by atoms with E-state index in [2.05, 4.69) is 10.2 Å². The molecular formula is C43H61N5O9. The van der Waals surface area contributed by atoms with Crippen LogP contribution in [0.1, 0.15) is 60.8 Å². The van der Waals surface area contributed by atoms with Crippen molar-refractivity contribution < 1.29 is 43.2 Å². The molecule has 0 spiro atoms. The number of fused-ring (bicyclic) bond motifs is 1. The number of piperidine rings is 3. The summed E-state index contributed by atoms with van der Waals surface area (Å²) < 4.78 is 21.7. The van der Waals surface area contributed by atoms with E-state index in [0.717, 1.165) is 62.0 Å². The van der Waals surface area contributed by atoms with E-state index in [1.807, 2.05) is 60.0 Å². The minimum Gasteiger partial charge on any atom is -0.507 e. The Hall–Kier alpha value is -4.40. The van der Waals surface area contributed by atoms with Gasteiger partial charge in [0.15, 0.2) is 6.10 Å². The number of anilines is 1. The van der Waals surface area contributed by atoms with E-state index in [9.17, 15) is 24.3 Å². The lowest BCUT2D eigenvalue weighted by Crippen LogP contribution is -2.52. The van der Waals surface area contributed by atoms with Gasteiger partial charge in [0, 0.05) is 58.0 Å². The predicted octanol–water partition coefficient (Wildman–Crippen LogP) is 4.77. The number of urea groups is 1. The van der Waals surface area contributed by atoms with Crippen LogP contribution in [0.15, 0.2) is 36.4 Å². The van der Waals surface area contributed by atoms with Crippen LogP contribution in [0.4, 0.5) is 15.3 Å². The average molecular weight is 792 g/mol. The molecule has 14 heteroatoms. The summed E-state index contributed by atoms with van der Waals surface area (Å²) in [5, 5.41) is 13.5. The molecule has 3 saturated heterocycles. The number of benzene rings is 2. The van der Waals surface area contributed by atoms with Crippen molar-refractivity contribution in [2.75, 3.05) is 91.2 Å². The molecule has 57 heavy (non-hydrogen) atoms. The highest BCUT2D eigenvalue weighted by Gasteiger charge is 2.37. The molecule has 1 atom stereocenters. The number of nitrogens with one attached hydrogen (secondary N) is 1. The molecule has 0 saturated carbocycles. The van der Waals surface area contributed by atoms with Gasteiger partial charge in [0.2, 0.25) is 0 Å². The van der Waals surface area contributed by atoms with Gasteiger partial charge in [-0.05, 0) is 112 Å². The van der Waals surface area contributed by atoms with Gasteiger partial charge in [-0.1, -0.05) is 30.3 Å². The maximum absolute atomic E-state index is 14.2. The van der Waals surface area contributed by atoms with Gasteiger partial charge < -0.3 is 44.1 Å². The number of methoxy groups -OCH3 is 1. The molecule has 4 aliphatic heterocycles. The number of likely N-dealkylation sites (tertiary alicyclic amines) is 3. The summed E-state index contributed by atoms with van der Waals surface area (Å²) in [5.74, 6) is 0.798. The maximum atomic E-state index is 14.2. The molecule has 14 nitrogen and oxygen atoms in total. The molecule has 0 aliphatic carbocycles. The summed E-state index contributed by atoms with van der Waals surface area (Å²) in [5.41, 5.74) is 4.19. The Labute approximate surface area is 336 Å². The molecule has 0 bridgehead atoms. The van der Waals surface area contributed by atoms with Crippen molar-refractivity contribution in [1.82, 2.24) is 19.6 Å². The van der Waals surface area contributed by atoms with Crippen LogP contribution in [0, 0.1) is 25.7 Å². The van der Waals surface area contributed by atoms with Crippen LogP contribution in [-0.4, -0.2) is 147 Å². The number of phenols is 1. The normalized spacial score (nSPS) is 19.4. The van der Waals surface area contributed by atoms with E-state index in [1.54, 1.807) is 12.0 Å². The molecule has 2 aromatic carbocycles. The number of rotatable bonds is 14. The first kappa shape index (κ1) is 42.2. The number of carbonyl (C=O) groups excluding carboxylic acids is 4. The lowest BCUT2D eigenvalue weighted by Gasteiger charge is -2.41. The molecule has 4 aliphatic rings. The zero-order valence-electron chi connectivity index (χ0n) is 33.9. The Bertz CT molecular complexity index is 1660. The van der Waals surface area contributed by atoms with E-state index in [-0.39, 0.29) is 49.3 Å². The lowest BCUT2D eigenvalue weighted by atomic mass is 9.78. The van der Waals surface area contributed by atoms with Crippen molar-refractivity contribution in [3.05, 3.63) is 58.7 Å². The van der Waals surface area contributed by atoms with Gasteiger partial charge in [0.05, 0.1) is 26.4 Å². The smallest absolute Gasteiger partial charge is 0.410 e. The van der Waals surface area contributed by atoms with Crippen LogP contribution in [0.5, 0.6) is 5.75 Å². The second-order valence-corrected chi connectivity index (χ2v) is 16.0. The largest absolute Gasteiger partial charge is 0.507 e. The summed E-state index contributed by atoms with van der Waals surface area (Å²) >= 11 is 0. The van der Waals surface area contributed by atoms with Crippen LogP contribution in [0.3, 0.4) is 0 Å². The lowest BCUT2D eigenvalue weighted by molar-refractivity contribution is -0.147. The molecule has 0 aromatic heterocycles. The molecule has 312 valence electrons. The Kier molecular flexibility index (Phi) is 15.1. The molecule has 0 radical (unpaired) electrons. The van der Waals surface area contributed by atoms with Crippen molar-refractivity contribution in [1.29, 1.82) is 0 Å². The maximum Gasteiger partial charge on any atom is 0.410 e. The molecule has 0 unspecified atom stereocenters. The second kappa shape index (κ2) is 20.3. The first-order valence-corrected chi connectivity index (χ1v) is 20.7. The van der Waals surface area contributed by atoms with Gasteiger partial charge in [-0.15, -0.1) is 0 Å². The van der Waals surface area contributed by atoms with Gasteiger partial charge >= 0.3 is 18.1 Å². The Morgan fingerprint density at radius 3 is 2.14 bits per heavy atom. The fourth-order valence-electron chi connectivity index (χ4n) is 8.92. The van der Waals surface area contributed by atoms with Crippen LogP contribution in [0.25, 0.3) is 0 Å². The quantitative estimate of drug-likeness (QED) is 0.203. The van der Waals surface area contributed by atoms with Gasteiger partial charge in [0.1, 0.15) is 12.4 Å². The van der Waals surface area contributed by atoms with Gasteiger partial charge in [-0.2, -0.15) is 0 Å². The second-order valence-electron chi connectivity index (χ2n) is 16.0. The number of para-hydroxylation sites is 1. The summed E-state index contributed by atoms with van der Waals surface area (Å²) in [6.07, 6.45) is 4.43. The third-order valence-electron chi connectivity index (χ3n) is 12.2. The highest BCUT2D eigenvalue weighted by molar-refractivity contribution is 5.91. The van der Waals surface area contributed by atoms with Crippen molar-refractivity contribution in [2.24, 2.45) is 11.8 Å². The molecule has 6 rings (SSSR count). The fraction of sp³-hybridized carbons (Fsp3) is 0.628. The minimum atomic E-state index is -1.01. The summed E-state index contributed by atoms with van der Waals surface area (Å²) in [7, 11) is 1.61. The van der Waals surface area contributed by atoms with Crippen LogP contribution in [0.2, 0.25) is 0 Å². The molecule has 2 N–H and O–H groups in total. The first-order chi connectivity index (χ1) is 27.6. The molecule has 2 aromatic rings. The minimum absolute atomic E-state index is 0.00392. The van der Waals surface area contributed by atoms with E-state index in [4.69, 9.17) is 18.9 Å². The number of amides is 4. The van der Waals surface area contributed by atoms with E-state index < -0.39 is 12.2 Å². The third-order valence-corrected chi connectivity index (χ3v) is 12.2. The Morgan fingerprint density at radius 1 is 0.825 bits per heavy atom. The standard InChI is InChI=1S/C43H61N5O9/c1-30-26-32(27-31(2)40(30)50)28-38(57-43(53)47-19-13-36(14-20-47)48-21-12-35-6-4-5-7-37(35)44-42(48)52)41(51)46-17-10-34(11-18-46)33-8-15-45(16-9-33)29-39(49)56-25-24-55-23-22-54-3/h4-7,26-27,33-34,36,38,50H,8-25,28-29H2,1-3H3,(H,44,52)/t38-/m1/s1. The van der Waals surface area contributed by atoms with Crippen LogP contribution < -0.4 is 5.32 Å². The molecule has 3 fully saturated rings. The highest BCUT2D eigenvalue weighted by Crippen LogP contribution is 2.33. The zero-order chi connectivity index (χ0) is 40.3. The van der Waals surface area contributed by atoms with Crippen LogP contribution >= 0.6 is 0 Å². The number of hydrogen-bond acceptors (Lipinski definition) is 10. The van der Waals surface area contributed by atoms with Crippen molar-refractivity contribution in [2.45, 2.75) is 77.4 Å². The predicted molar refractivity (Wildman–Crippen MR) is 214 cm³/mol. The van der Waals surface area contributed by atoms with Gasteiger partial charge in [-0.3, -0.25) is 14.5 Å². The third kappa shape index (κ3) is 11.4. The van der Waals surface area contributed by atoms with Crippen molar-refractivity contribution in [3.8, 4) is 5.75 Å². The number of ether oxygens (including phenoxy) is 4. The SMILES string of the molecule is COCCOCCOC(=O)CN1CCC(C2CCN(C(=O)[C@@H](Cc3cc(C)c(O)c(C)c3)OC(=O)N3CCC(N4CCc5ccccc5NC4=O)CC3)CC2)CC1. The Morgan fingerprint density at radius 2 is 1.46 bits per heavy atom. The molecule has 4 heterocycles. The monoisotopic (exact) mass is 791 g/mol. The number of aryl methyl sites for hydroxylation is 2. The molecule has 4 amide bonds. The van der Waals surface area contributed by atoms with Crippen molar-refractivity contribution in [3.63, 3.8) is 0 Å². The van der Waals surface area contributed by atoms with Gasteiger partial charge in [-0.25, -0.2) is 9.59 Å².